The molecule has 0 bridgehead atoms. The van der Waals surface area contributed by atoms with Crippen LogP contribution in [-0.4, -0.2) is 24.5 Å². The van der Waals surface area contributed by atoms with Crippen LogP contribution in [0.4, 0.5) is 0 Å². The van der Waals surface area contributed by atoms with E-state index in [2.05, 4.69) is 0 Å². The van der Waals surface area contributed by atoms with Crippen LogP contribution >= 0.6 is 0 Å². The molecule has 1 heterocycles. The molecule has 2 N–H and O–H groups in total. The van der Waals surface area contributed by atoms with Crippen LogP contribution in [0.2, 0.25) is 0 Å². The highest BCUT2D eigenvalue weighted by Crippen LogP contribution is 2.22. The molecule has 0 spiro atoms. The van der Waals surface area contributed by atoms with Crippen molar-refractivity contribution < 1.29 is 9.53 Å². The van der Waals surface area contributed by atoms with Gasteiger partial charge in [0.25, 0.3) is 0 Å². The van der Waals surface area contributed by atoms with Crippen molar-refractivity contribution in [1.82, 2.24) is 0 Å². The van der Waals surface area contributed by atoms with Crippen LogP contribution in [0, 0.1) is 13.8 Å². The second-order valence-corrected chi connectivity index (χ2v) is 5.07. The zero-order chi connectivity index (χ0) is 13.1. The number of aryl methyl sites for hydroxylation is 2. The maximum atomic E-state index is 12.2. The van der Waals surface area contributed by atoms with Gasteiger partial charge >= 0.3 is 0 Å². The van der Waals surface area contributed by atoms with Crippen molar-refractivity contribution in [1.29, 1.82) is 0 Å². The summed E-state index contributed by atoms with van der Waals surface area (Å²) >= 11 is 0. The van der Waals surface area contributed by atoms with Gasteiger partial charge in [-0.15, -0.1) is 0 Å². The van der Waals surface area contributed by atoms with Crippen LogP contribution in [0.5, 0.6) is 0 Å². The van der Waals surface area contributed by atoms with Crippen LogP contribution in [0.1, 0.15) is 29.5 Å². The number of ether oxygens (including phenoxy) is 1. The number of nitrogens with two attached hydrogens (primary N) is 1. The van der Waals surface area contributed by atoms with Crippen molar-refractivity contribution in [2.24, 2.45) is 5.73 Å². The van der Waals surface area contributed by atoms with Gasteiger partial charge in [0.1, 0.15) is 6.10 Å². The fourth-order valence-electron chi connectivity index (χ4n) is 2.53. The molecule has 3 nitrogen and oxygen atoms in total. The number of ketones is 1. The van der Waals surface area contributed by atoms with Gasteiger partial charge < -0.3 is 10.5 Å². The zero-order valence-electron chi connectivity index (χ0n) is 11.1. The smallest absolute Gasteiger partial charge is 0.165 e. The molecule has 0 saturated carbocycles. The molecular weight excluding hydrogens is 226 g/mol. The van der Waals surface area contributed by atoms with E-state index in [1.165, 1.54) is 11.1 Å². The van der Waals surface area contributed by atoms with Crippen LogP contribution in [0.25, 0.3) is 0 Å². The van der Waals surface area contributed by atoms with E-state index in [0.29, 0.717) is 13.0 Å². The topological polar surface area (TPSA) is 52.3 Å². The number of carbonyl (C=O) groups is 1. The molecule has 3 heteroatoms. The van der Waals surface area contributed by atoms with Gasteiger partial charge in [-0.2, -0.15) is 0 Å². The summed E-state index contributed by atoms with van der Waals surface area (Å²) in [5.74, 6) is 0.184. The Morgan fingerprint density at radius 3 is 2.56 bits per heavy atom. The molecule has 1 aliphatic heterocycles. The second kappa shape index (κ2) is 5.63. The average molecular weight is 247 g/mol. The molecule has 1 saturated heterocycles. The van der Waals surface area contributed by atoms with Crippen LogP contribution < -0.4 is 5.73 Å². The van der Waals surface area contributed by atoms with Crippen molar-refractivity contribution in [3.63, 3.8) is 0 Å². The van der Waals surface area contributed by atoms with Gasteiger partial charge in [0.2, 0.25) is 0 Å². The highest BCUT2D eigenvalue weighted by Gasteiger charge is 2.29. The summed E-state index contributed by atoms with van der Waals surface area (Å²) < 4.78 is 5.65. The van der Waals surface area contributed by atoms with E-state index >= 15 is 0 Å². The highest BCUT2D eigenvalue weighted by atomic mass is 16.5. The van der Waals surface area contributed by atoms with Gasteiger partial charge in [-0.25, -0.2) is 0 Å². The van der Waals surface area contributed by atoms with Crippen LogP contribution in [0.15, 0.2) is 18.2 Å². The minimum absolute atomic E-state index is 0.0666. The van der Waals surface area contributed by atoms with Crippen LogP contribution in [0.3, 0.4) is 0 Å². The molecule has 1 fully saturated rings. The summed E-state index contributed by atoms with van der Waals surface area (Å²) in [6.45, 7) is 4.61. The number of Topliss-reactive ketones (excluding diaryl/α,β-unsaturated/α-hetero) is 1. The molecule has 1 aromatic rings. The van der Waals surface area contributed by atoms with Gasteiger partial charge in [-0.3, -0.25) is 4.79 Å². The van der Waals surface area contributed by atoms with E-state index in [0.717, 1.165) is 18.4 Å². The van der Waals surface area contributed by atoms with E-state index < -0.39 is 0 Å². The molecule has 0 aliphatic carbocycles. The predicted molar refractivity (Wildman–Crippen MR) is 71.6 cm³/mol. The lowest BCUT2D eigenvalue weighted by atomic mass is 9.96. The summed E-state index contributed by atoms with van der Waals surface area (Å²) in [5, 5.41) is 0. The summed E-state index contributed by atoms with van der Waals surface area (Å²) in [6, 6.07) is 6.12. The molecule has 0 radical (unpaired) electrons. The summed E-state index contributed by atoms with van der Waals surface area (Å²) in [6.07, 6.45) is 2.00. The van der Waals surface area contributed by atoms with E-state index in [4.69, 9.17) is 10.5 Å². The van der Waals surface area contributed by atoms with Crippen molar-refractivity contribution in [2.75, 3.05) is 6.54 Å². The van der Waals surface area contributed by atoms with Gasteiger partial charge in [0.15, 0.2) is 5.78 Å². The first-order valence-electron chi connectivity index (χ1n) is 6.55. The number of hydrogen-bond acceptors (Lipinski definition) is 3. The van der Waals surface area contributed by atoms with Gasteiger partial charge in [0.05, 0.1) is 6.10 Å². The second-order valence-electron chi connectivity index (χ2n) is 5.07. The first kappa shape index (κ1) is 13.2. The minimum atomic E-state index is -0.252. The Labute approximate surface area is 108 Å². The number of rotatable bonds is 4. The van der Waals surface area contributed by atoms with E-state index in [1.54, 1.807) is 0 Å². The van der Waals surface area contributed by atoms with Gasteiger partial charge in [-0.1, -0.05) is 18.2 Å². The molecule has 0 aromatic heterocycles. The molecule has 18 heavy (non-hydrogen) atoms. The average Bonchev–Trinajstić information content (AvgIpc) is 2.82. The summed E-state index contributed by atoms with van der Waals surface area (Å²) in [4.78, 5) is 12.2. The Morgan fingerprint density at radius 2 is 2.00 bits per heavy atom. The third-order valence-electron chi connectivity index (χ3n) is 3.73. The van der Waals surface area contributed by atoms with E-state index in [-0.39, 0.29) is 18.0 Å². The maximum Gasteiger partial charge on any atom is 0.165 e. The van der Waals surface area contributed by atoms with Crippen molar-refractivity contribution in [3.05, 3.63) is 34.9 Å². The maximum absolute atomic E-state index is 12.2. The molecule has 2 unspecified atom stereocenters. The Bertz CT molecular complexity index is 422. The monoisotopic (exact) mass is 247 g/mol. The van der Waals surface area contributed by atoms with E-state index in [9.17, 15) is 4.79 Å². The van der Waals surface area contributed by atoms with Crippen molar-refractivity contribution >= 4 is 5.78 Å². The zero-order valence-corrected chi connectivity index (χ0v) is 11.1. The minimum Gasteiger partial charge on any atom is -0.366 e. The number of hydrogen-bond donors (Lipinski definition) is 1. The molecule has 98 valence electrons. The Balaban J connectivity index is 2.04. The first-order chi connectivity index (χ1) is 8.61. The first-order valence-corrected chi connectivity index (χ1v) is 6.55. The molecule has 1 aliphatic rings. The Kier molecular flexibility index (Phi) is 4.15. The molecule has 2 rings (SSSR count). The lowest BCUT2D eigenvalue weighted by Crippen LogP contribution is -2.26. The van der Waals surface area contributed by atoms with E-state index in [1.807, 2.05) is 32.0 Å². The highest BCUT2D eigenvalue weighted by molar-refractivity contribution is 5.86. The fourth-order valence-corrected chi connectivity index (χ4v) is 2.53. The van der Waals surface area contributed by atoms with Crippen molar-refractivity contribution in [3.8, 4) is 0 Å². The van der Waals surface area contributed by atoms with Crippen molar-refractivity contribution in [2.45, 2.75) is 45.3 Å². The fraction of sp³-hybridized carbons (Fsp3) is 0.533. The lowest BCUT2D eigenvalue weighted by molar-refractivity contribution is -0.128. The van der Waals surface area contributed by atoms with Gasteiger partial charge in [-0.05, 0) is 43.4 Å². The normalized spacial score (nSPS) is 23.3. The third kappa shape index (κ3) is 2.79. The molecule has 1 aromatic carbocycles. The Hall–Kier alpha value is -1.19. The van der Waals surface area contributed by atoms with Crippen LogP contribution in [-0.2, 0) is 16.0 Å². The summed E-state index contributed by atoms with van der Waals surface area (Å²) in [7, 11) is 0. The quantitative estimate of drug-likeness (QED) is 0.884. The largest absolute Gasteiger partial charge is 0.366 e. The Morgan fingerprint density at radius 1 is 1.33 bits per heavy atom. The molecule has 2 atom stereocenters. The molecule has 0 amide bonds. The predicted octanol–water partition coefficient (Wildman–Crippen LogP) is 1.92. The molecular formula is C15H21NO2. The lowest BCUT2D eigenvalue weighted by Gasteiger charge is -2.13. The standard InChI is InChI=1S/C15H21NO2/c1-10-4-3-5-11(2)13(10)8-14(17)15-7-6-12(9-16)18-15/h3-5,12,15H,6-9,16H2,1-2H3. The third-order valence-corrected chi connectivity index (χ3v) is 3.73. The number of benzene rings is 1. The van der Waals surface area contributed by atoms with Gasteiger partial charge in [0, 0.05) is 13.0 Å². The summed E-state index contributed by atoms with van der Waals surface area (Å²) in [5.41, 5.74) is 9.06. The number of carbonyl (C=O) groups excluding carboxylic acids is 1. The SMILES string of the molecule is Cc1cccc(C)c1CC(=O)C1CCC(CN)O1.